The van der Waals surface area contributed by atoms with Crippen LogP contribution in [0.2, 0.25) is 0 Å². The lowest BCUT2D eigenvalue weighted by Crippen LogP contribution is -2.30. The lowest BCUT2D eigenvalue weighted by Gasteiger charge is -2.26. The van der Waals surface area contributed by atoms with Crippen LogP contribution < -0.4 is 0 Å². The molecule has 0 spiro atoms. The van der Waals surface area contributed by atoms with Gasteiger partial charge in [0.15, 0.2) is 0 Å². The number of aryl methyl sites for hydroxylation is 2. The summed E-state index contributed by atoms with van der Waals surface area (Å²) in [6, 6.07) is 12.0. The van der Waals surface area contributed by atoms with E-state index in [0.29, 0.717) is 5.56 Å². The van der Waals surface area contributed by atoms with Gasteiger partial charge in [0.2, 0.25) is 0 Å². The van der Waals surface area contributed by atoms with Crippen molar-refractivity contribution in [2.45, 2.75) is 32.9 Å². The van der Waals surface area contributed by atoms with E-state index in [4.69, 9.17) is 4.42 Å². The highest BCUT2D eigenvalue weighted by atomic mass is 19.4. The van der Waals surface area contributed by atoms with E-state index in [-0.39, 0.29) is 0 Å². The highest BCUT2D eigenvalue weighted by Gasteiger charge is 2.30. The maximum absolute atomic E-state index is 12.9. The SMILES string of the molecule is Cc1oc2cc(CCN3CC=C(c4cccc(C(F)(F)F)c4)CC3)ccc2c1C. The second kappa shape index (κ2) is 7.71. The van der Waals surface area contributed by atoms with Gasteiger partial charge in [0.05, 0.1) is 5.56 Å². The molecule has 152 valence electrons. The molecule has 0 N–H and O–H groups in total. The number of hydrogen-bond acceptors (Lipinski definition) is 2. The molecule has 0 radical (unpaired) electrons. The maximum atomic E-state index is 12.9. The average Bonchev–Trinajstić information content (AvgIpc) is 2.99. The summed E-state index contributed by atoms with van der Waals surface area (Å²) in [6.07, 6.45) is -0.566. The zero-order valence-electron chi connectivity index (χ0n) is 16.6. The molecule has 5 heteroatoms. The molecule has 3 aromatic rings. The second-order valence-corrected chi connectivity index (χ2v) is 7.72. The fraction of sp³-hybridized carbons (Fsp3) is 0.333. The fourth-order valence-electron chi connectivity index (χ4n) is 3.91. The molecule has 0 atom stereocenters. The molecule has 1 aliphatic heterocycles. The van der Waals surface area contributed by atoms with Crippen molar-refractivity contribution in [2.24, 2.45) is 0 Å². The number of furan rings is 1. The molecule has 1 aliphatic rings. The number of alkyl halides is 3. The normalized spacial score (nSPS) is 15.7. The molecule has 0 bridgehead atoms. The van der Waals surface area contributed by atoms with Gasteiger partial charge in [-0.2, -0.15) is 13.2 Å². The van der Waals surface area contributed by atoms with Crippen molar-refractivity contribution in [1.29, 1.82) is 0 Å². The predicted octanol–water partition coefficient (Wildman–Crippen LogP) is 6.40. The zero-order valence-corrected chi connectivity index (χ0v) is 16.6. The van der Waals surface area contributed by atoms with E-state index in [9.17, 15) is 13.2 Å². The average molecular weight is 399 g/mol. The summed E-state index contributed by atoms with van der Waals surface area (Å²) in [5.41, 5.74) is 4.44. The molecular formula is C24H24F3NO. The van der Waals surface area contributed by atoms with Crippen LogP contribution in [0.25, 0.3) is 16.5 Å². The minimum Gasteiger partial charge on any atom is -0.461 e. The third-order valence-electron chi connectivity index (χ3n) is 5.81. The van der Waals surface area contributed by atoms with E-state index in [0.717, 1.165) is 60.8 Å². The summed E-state index contributed by atoms with van der Waals surface area (Å²) >= 11 is 0. The summed E-state index contributed by atoms with van der Waals surface area (Å²) in [6.45, 7) is 6.58. The second-order valence-electron chi connectivity index (χ2n) is 7.72. The summed E-state index contributed by atoms with van der Waals surface area (Å²) in [5, 5.41) is 1.16. The van der Waals surface area contributed by atoms with E-state index >= 15 is 0 Å². The smallest absolute Gasteiger partial charge is 0.416 e. The van der Waals surface area contributed by atoms with Gasteiger partial charge in [0, 0.05) is 25.0 Å². The molecule has 2 aromatic carbocycles. The topological polar surface area (TPSA) is 16.4 Å². The lowest BCUT2D eigenvalue weighted by molar-refractivity contribution is -0.137. The van der Waals surface area contributed by atoms with Crippen LogP contribution >= 0.6 is 0 Å². The highest BCUT2D eigenvalue weighted by Crippen LogP contribution is 2.32. The van der Waals surface area contributed by atoms with Gasteiger partial charge < -0.3 is 4.42 Å². The van der Waals surface area contributed by atoms with Crippen molar-refractivity contribution in [3.05, 3.63) is 76.6 Å². The van der Waals surface area contributed by atoms with Gasteiger partial charge in [-0.1, -0.05) is 30.3 Å². The van der Waals surface area contributed by atoms with E-state index in [1.807, 2.05) is 6.92 Å². The Morgan fingerprint density at radius 2 is 1.90 bits per heavy atom. The quantitative estimate of drug-likeness (QED) is 0.505. The molecule has 29 heavy (non-hydrogen) atoms. The number of halogens is 3. The Morgan fingerprint density at radius 3 is 2.62 bits per heavy atom. The van der Waals surface area contributed by atoms with Crippen LogP contribution in [-0.4, -0.2) is 24.5 Å². The van der Waals surface area contributed by atoms with E-state index < -0.39 is 11.7 Å². The zero-order chi connectivity index (χ0) is 20.6. The molecule has 4 rings (SSSR count). The minimum absolute atomic E-state index is 0.586. The first-order valence-corrected chi connectivity index (χ1v) is 9.89. The number of nitrogens with zero attached hydrogens (tertiary/aromatic N) is 1. The van der Waals surface area contributed by atoms with Crippen molar-refractivity contribution in [2.75, 3.05) is 19.6 Å². The van der Waals surface area contributed by atoms with Gasteiger partial charge in [-0.05, 0) is 67.2 Å². The fourth-order valence-corrected chi connectivity index (χ4v) is 3.91. The number of fused-ring (bicyclic) bond motifs is 1. The first kappa shape index (κ1) is 19.8. The van der Waals surface area contributed by atoms with Gasteiger partial charge in [-0.25, -0.2) is 0 Å². The van der Waals surface area contributed by atoms with Crippen molar-refractivity contribution in [3.8, 4) is 0 Å². The number of hydrogen-bond donors (Lipinski definition) is 0. The van der Waals surface area contributed by atoms with Crippen molar-refractivity contribution in [3.63, 3.8) is 0 Å². The van der Waals surface area contributed by atoms with Gasteiger partial charge in [-0.3, -0.25) is 4.90 Å². The maximum Gasteiger partial charge on any atom is 0.416 e. The Balaban J connectivity index is 1.39. The first-order valence-electron chi connectivity index (χ1n) is 9.89. The molecule has 0 saturated carbocycles. The van der Waals surface area contributed by atoms with Crippen LogP contribution in [-0.2, 0) is 12.6 Å². The Labute approximate surface area is 168 Å². The summed E-state index contributed by atoms with van der Waals surface area (Å²) in [5.74, 6) is 0.959. The Kier molecular flexibility index (Phi) is 5.26. The largest absolute Gasteiger partial charge is 0.461 e. The highest BCUT2D eigenvalue weighted by molar-refractivity contribution is 5.82. The van der Waals surface area contributed by atoms with Crippen molar-refractivity contribution >= 4 is 16.5 Å². The van der Waals surface area contributed by atoms with Gasteiger partial charge in [0.25, 0.3) is 0 Å². The monoisotopic (exact) mass is 399 g/mol. The molecule has 0 unspecified atom stereocenters. The number of rotatable bonds is 4. The Hall–Kier alpha value is -2.53. The van der Waals surface area contributed by atoms with Gasteiger partial charge in [-0.15, -0.1) is 0 Å². The van der Waals surface area contributed by atoms with Crippen LogP contribution in [0, 0.1) is 13.8 Å². The lowest BCUT2D eigenvalue weighted by atomic mass is 9.97. The molecule has 2 nitrogen and oxygen atoms in total. The van der Waals surface area contributed by atoms with Crippen LogP contribution in [0.1, 0.15) is 34.4 Å². The minimum atomic E-state index is -4.30. The molecule has 0 aliphatic carbocycles. The van der Waals surface area contributed by atoms with Gasteiger partial charge >= 0.3 is 6.18 Å². The van der Waals surface area contributed by atoms with Gasteiger partial charge in [0.1, 0.15) is 11.3 Å². The summed E-state index contributed by atoms with van der Waals surface area (Å²) in [4.78, 5) is 2.33. The number of benzene rings is 2. The van der Waals surface area contributed by atoms with E-state index in [1.54, 1.807) is 6.07 Å². The van der Waals surface area contributed by atoms with Crippen LogP contribution in [0.3, 0.4) is 0 Å². The third-order valence-corrected chi connectivity index (χ3v) is 5.81. The van der Waals surface area contributed by atoms with Crippen LogP contribution in [0.15, 0.2) is 53.0 Å². The van der Waals surface area contributed by atoms with Crippen LogP contribution in [0.5, 0.6) is 0 Å². The summed E-state index contributed by atoms with van der Waals surface area (Å²) in [7, 11) is 0. The standard InChI is InChI=1S/C24H24F3NO/c1-16-17(2)29-23-14-18(6-7-22(16)23)8-11-28-12-9-19(10-13-28)20-4-3-5-21(15-20)24(25,26)27/h3-7,9,14-15H,8,10-13H2,1-2H3. The Bertz CT molecular complexity index is 1060. The van der Waals surface area contributed by atoms with E-state index in [1.165, 1.54) is 23.3 Å². The van der Waals surface area contributed by atoms with Crippen LogP contribution in [0.4, 0.5) is 13.2 Å². The molecule has 2 heterocycles. The summed E-state index contributed by atoms with van der Waals surface area (Å²) < 4.78 is 44.7. The molecule has 0 saturated heterocycles. The molecule has 1 aromatic heterocycles. The van der Waals surface area contributed by atoms with Crippen molar-refractivity contribution in [1.82, 2.24) is 4.90 Å². The predicted molar refractivity (Wildman–Crippen MR) is 110 cm³/mol. The Morgan fingerprint density at radius 1 is 1.07 bits per heavy atom. The van der Waals surface area contributed by atoms with Crippen molar-refractivity contribution < 1.29 is 17.6 Å². The third kappa shape index (κ3) is 4.25. The molecular weight excluding hydrogens is 375 g/mol. The van der Waals surface area contributed by atoms with E-state index in [2.05, 4.69) is 36.1 Å². The molecule has 0 fully saturated rings. The first-order chi connectivity index (χ1) is 13.8. The molecule has 0 amide bonds.